The molecule has 29 heavy (non-hydrogen) atoms. The first-order valence-corrected chi connectivity index (χ1v) is 10.3. The van der Waals surface area contributed by atoms with Crippen LogP contribution in [0, 0.1) is 5.82 Å². The van der Waals surface area contributed by atoms with Gasteiger partial charge in [-0.15, -0.1) is 0 Å². The Morgan fingerprint density at radius 3 is 2.55 bits per heavy atom. The van der Waals surface area contributed by atoms with Crippen LogP contribution in [-0.4, -0.2) is 51.1 Å². The normalized spacial score (nSPS) is 11.8. The minimum Gasteiger partial charge on any atom is -0.345 e. The number of nitrogens with one attached hydrogen (secondary N) is 1. The van der Waals surface area contributed by atoms with Gasteiger partial charge >= 0.3 is 0 Å². The van der Waals surface area contributed by atoms with Crippen molar-refractivity contribution in [2.45, 2.75) is 18.7 Å². The van der Waals surface area contributed by atoms with Gasteiger partial charge in [0.2, 0.25) is 10.0 Å². The molecule has 0 fully saturated rings. The van der Waals surface area contributed by atoms with E-state index in [4.69, 9.17) is 0 Å². The second kappa shape index (κ2) is 8.13. The SMILES string of the molecule is CCN(CC)S(=O)(=O)c1cc(C(=O)Nc2ccc(-n3cncn3)c(F)c2)n(C)c1. The number of carbonyl (C=O) groups excluding carboxylic acids is 1. The molecule has 0 spiro atoms. The Bertz CT molecular complexity index is 1120. The van der Waals surface area contributed by atoms with Crippen LogP contribution in [0.4, 0.5) is 10.1 Å². The molecule has 1 aromatic carbocycles. The van der Waals surface area contributed by atoms with E-state index in [0.29, 0.717) is 13.1 Å². The fourth-order valence-corrected chi connectivity index (χ4v) is 4.44. The van der Waals surface area contributed by atoms with Crippen LogP contribution in [0.2, 0.25) is 0 Å². The molecule has 2 aromatic heterocycles. The second-order valence-electron chi connectivity index (χ2n) is 6.22. The van der Waals surface area contributed by atoms with Crippen molar-refractivity contribution < 1.29 is 17.6 Å². The highest BCUT2D eigenvalue weighted by Gasteiger charge is 2.25. The molecule has 0 unspecified atom stereocenters. The summed E-state index contributed by atoms with van der Waals surface area (Å²) in [5.74, 6) is -1.15. The van der Waals surface area contributed by atoms with Crippen molar-refractivity contribution in [1.29, 1.82) is 0 Å². The number of amides is 1. The minimum absolute atomic E-state index is 0.0292. The van der Waals surface area contributed by atoms with Crippen LogP contribution in [0.15, 0.2) is 48.0 Å². The Kier molecular flexibility index (Phi) is 5.80. The monoisotopic (exact) mass is 420 g/mol. The lowest BCUT2D eigenvalue weighted by atomic mass is 10.2. The van der Waals surface area contributed by atoms with Gasteiger partial charge in [-0.25, -0.2) is 22.5 Å². The number of halogens is 1. The summed E-state index contributed by atoms with van der Waals surface area (Å²) in [5, 5.41) is 6.45. The largest absolute Gasteiger partial charge is 0.345 e. The van der Waals surface area contributed by atoms with Gasteiger partial charge in [0.1, 0.15) is 28.9 Å². The van der Waals surface area contributed by atoms with E-state index >= 15 is 0 Å². The van der Waals surface area contributed by atoms with Crippen LogP contribution < -0.4 is 5.32 Å². The number of sulfonamides is 1. The van der Waals surface area contributed by atoms with Gasteiger partial charge < -0.3 is 9.88 Å². The molecule has 11 heteroatoms. The molecule has 0 aliphatic heterocycles. The highest BCUT2D eigenvalue weighted by Crippen LogP contribution is 2.21. The number of aryl methyl sites for hydroxylation is 1. The van der Waals surface area contributed by atoms with Crippen molar-refractivity contribution in [2.24, 2.45) is 7.05 Å². The average molecular weight is 420 g/mol. The zero-order valence-electron chi connectivity index (χ0n) is 16.2. The first-order valence-electron chi connectivity index (χ1n) is 8.90. The van der Waals surface area contributed by atoms with E-state index in [1.807, 2.05) is 0 Å². The summed E-state index contributed by atoms with van der Waals surface area (Å²) in [6, 6.07) is 5.45. The molecule has 9 nitrogen and oxygen atoms in total. The van der Waals surface area contributed by atoms with Crippen LogP contribution in [0.25, 0.3) is 5.69 Å². The molecule has 0 saturated carbocycles. The van der Waals surface area contributed by atoms with Gasteiger partial charge in [-0.2, -0.15) is 9.40 Å². The maximum absolute atomic E-state index is 14.3. The van der Waals surface area contributed by atoms with E-state index in [9.17, 15) is 17.6 Å². The number of nitrogens with zero attached hydrogens (tertiary/aromatic N) is 5. The first kappa shape index (κ1) is 20.7. The Hall–Kier alpha value is -3.05. The fourth-order valence-electron chi connectivity index (χ4n) is 2.91. The van der Waals surface area contributed by atoms with Crippen LogP contribution in [-0.2, 0) is 17.1 Å². The van der Waals surface area contributed by atoms with Gasteiger partial charge in [-0.3, -0.25) is 4.79 Å². The number of anilines is 1. The summed E-state index contributed by atoms with van der Waals surface area (Å²) in [7, 11) is -2.12. The molecule has 0 bridgehead atoms. The molecule has 3 aromatic rings. The lowest BCUT2D eigenvalue weighted by molar-refractivity contribution is 0.101. The van der Waals surface area contributed by atoms with E-state index in [-0.39, 0.29) is 22.0 Å². The lowest BCUT2D eigenvalue weighted by Gasteiger charge is -2.17. The maximum Gasteiger partial charge on any atom is 0.272 e. The number of hydrogen-bond donors (Lipinski definition) is 1. The smallest absolute Gasteiger partial charge is 0.272 e. The van der Waals surface area contributed by atoms with Crippen molar-refractivity contribution in [3.63, 3.8) is 0 Å². The number of benzene rings is 1. The van der Waals surface area contributed by atoms with Gasteiger partial charge in [0, 0.05) is 32.0 Å². The van der Waals surface area contributed by atoms with Crippen LogP contribution >= 0.6 is 0 Å². The molecule has 154 valence electrons. The fraction of sp³-hybridized carbons (Fsp3) is 0.278. The molecule has 0 atom stereocenters. The quantitative estimate of drug-likeness (QED) is 0.630. The zero-order chi connectivity index (χ0) is 21.2. The van der Waals surface area contributed by atoms with E-state index < -0.39 is 21.7 Å². The van der Waals surface area contributed by atoms with Gasteiger partial charge in [-0.05, 0) is 24.3 Å². The summed E-state index contributed by atoms with van der Waals surface area (Å²) in [6.07, 6.45) is 4.03. The van der Waals surface area contributed by atoms with Crippen molar-refractivity contribution >= 4 is 21.6 Å². The summed E-state index contributed by atoms with van der Waals surface area (Å²) < 4.78 is 43.6. The molecule has 1 N–H and O–H groups in total. The summed E-state index contributed by atoms with van der Waals surface area (Å²) in [4.78, 5) is 16.4. The van der Waals surface area contributed by atoms with Crippen LogP contribution in [0.3, 0.4) is 0 Å². The summed E-state index contributed by atoms with van der Waals surface area (Å²) in [5.41, 5.74) is 0.550. The van der Waals surface area contributed by atoms with E-state index in [1.165, 1.54) is 50.6 Å². The molecule has 0 radical (unpaired) electrons. The van der Waals surface area contributed by atoms with Gasteiger partial charge in [-0.1, -0.05) is 13.8 Å². The first-order chi connectivity index (χ1) is 13.8. The molecule has 2 heterocycles. The van der Waals surface area contributed by atoms with Crippen molar-refractivity contribution in [2.75, 3.05) is 18.4 Å². The molecule has 0 aliphatic carbocycles. The molecule has 0 aliphatic rings. The Morgan fingerprint density at radius 1 is 1.24 bits per heavy atom. The zero-order valence-corrected chi connectivity index (χ0v) is 17.0. The maximum atomic E-state index is 14.3. The summed E-state index contributed by atoms with van der Waals surface area (Å²) >= 11 is 0. The molecule has 3 rings (SSSR count). The molecule has 1 amide bonds. The Balaban J connectivity index is 1.83. The predicted molar refractivity (Wildman–Crippen MR) is 105 cm³/mol. The van der Waals surface area contributed by atoms with Crippen molar-refractivity contribution in [3.05, 3.63) is 54.6 Å². The molecular formula is C18H21FN6O3S. The van der Waals surface area contributed by atoms with Gasteiger partial charge in [0.15, 0.2) is 5.82 Å². The number of hydrogen-bond acceptors (Lipinski definition) is 5. The lowest BCUT2D eigenvalue weighted by Crippen LogP contribution is -2.30. The van der Waals surface area contributed by atoms with E-state index in [2.05, 4.69) is 15.4 Å². The van der Waals surface area contributed by atoms with Crippen molar-refractivity contribution in [1.82, 2.24) is 23.6 Å². The third kappa shape index (κ3) is 4.05. The topological polar surface area (TPSA) is 102 Å². The second-order valence-corrected chi connectivity index (χ2v) is 8.16. The van der Waals surface area contributed by atoms with E-state index in [1.54, 1.807) is 20.9 Å². The summed E-state index contributed by atoms with van der Waals surface area (Å²) in [6.45, 7) is 4.14. The standard InChI is InChI=1S/C18H21FN6O3S/c1-4-24(5-2)29(27,28)14-9-17(23(3)10-14)18(26)22-13-6-7-16(15(19)8-13)25-12-20-11-21-25/h6-12H,4-5H2,1-3H3,(H,22,26). The third-order valence-corrected chi connectivity index (χ3v) is 6.44. The van der Waals surface area contributed by atoms with Gasteiger partial charge in [0.05, 0.1) is 0 Å². The number of carbonyl (C=O) groups is 1. The number of aromatic nitrogens is 4. The molecular weight excluding hydrogens is 399 g/mol. The predicted octanol–water partition coefficient (Wildman–Crippen LogP) is 2.03. The van der Waals surface area contributed by atoms with Gasteiger partial charge in [0.25, 0.3) is 5.91 Å². The Morgan fingerprint density at radius 2 is 1.97 bits per heavy atom. The van der Waals surface area contributed by atoms with Crippen LogP contribution in [0.1, 0.15) is 24.3 Å². The third-order valence-electron chi connectivity index (χ3n) is 4.43. The van der Waals surface area contributed by atoms with Crippen LogP contribution in [0.5, 0.6) is 0 Å². The highest BCUT2D eigenvalue weighted by molar-refractivity contribution is 7.89. The number of rotatable bonds is 7. The minimum atomic E-state index is -3.69. The average Bonchev–Trinajstić information content (AvgIpc) is 3.32. The van der Waals surface area contributed by atoms with E-state index in [0.717, 1.165) is 6.07 Å². The molecule has 0 saturated heterocycles. The van der Waals surface area contributed by atoms with Crippen molar-refractivity contribution in [3.8, 4) is 5.69 Å². The Labute approximate surface area is 167 Å². The highest BCUT2D eigenvalue weighted by atomic mass is 32.2.